The Morgan fingerprint density at radius 3 is 2.21 bits per heavy atom. The minimum Gasteiger partial charge on any atom is -0.306 e. The molecule has 0 radical (unpaired) electrons. The Hall–Kier alpha value is -1.86. The van der Waals surface area contributed by atoms with Gasteiger partial charge in [-0.05, 0) is 43.3 Å². The molecule has 2 aromatic carbocycles. The van der Waals surface area contributed by atoms with E-state index in [0.29, 0.717) is 0 Å². The van der Waals surface area contributed by atoms with Crippen LogP contribution in [0.15, 0.2) is 60.7 Å². The highest BCUT2D eigenvalue weighted by atomic mass is 15.0. The molecule has 0 aliphatic carbocycles. The number of benzene rings is 2. The highest BCUT2D eigenvalue weighted by Crippen LogP contribution is 2.25. The lowest BCUT2D eigenvalue weighted by Crippen LogP contribution is -2.11. The van der Waals surface area contributed by atoms with Crippen molar-refractivity contribution in [3.8, 4) is 0 Å². The average Bonchev–Trinajstić information content (AvgIpc) is 2.42. The molecule has 0 heterocycles. The van der Waals surface area contributed by atoms with Gasteiger partial charge in [0, 0.05) is 6.54 Å². The normalized spacial score (nSPS) is 11.9. The summed E-state index contributed by atoms with van der Waals surface area (Å²) < 4.78 is 0. The van der Waals surface area contributed by atoms with Gasteiger partial charge >= 0.3 is 0 Å². The van der Waals surface area contributed by atoms with Crippen LogP contribution in [-0.4, -0.2) is 25.5 Å². The maximum Gasteiger partial charge on any atom is 0.0166 e. The average molecular weight is 251 g/mol. The molecule has 2 aromatic rings. The lowest BCUT2D eigenvalue weighted by atomic mass is 9.94. The summed E-state index contributed by atoms with van der Waals surface area (Å²) in [5.74, 6) is 0. The molecule has 0 amide bonds. The summed E-state index contributed by atoms with van der Waals surface area (Å²) in [4.78, 5) is 2.18. The Kier molecular flexibility index (Phi) is 4.53. The van der Waals surface area contributed by atoms with E-state index in [1.165, 1.54) is 22.3 Å². The maximum atomic E-state index is 2.30. The summed E-state index contributed by atoms with van der Waals surface area (Å²) in [5, 5.41) is 0. The highest BCUT2D eigenvalue weighted by Gasteiger charge is 2.06. The van der Waals surface area contributed by atoms with Crippen molar-refractivity contribution >= 4 is 5.57 Å². The van der Waals surface area contributed by atoms with Crippen LogP contribution in [0.3, 0.4) is 0 Å². The van der Waals surface area contributed by atoms with Gasteiger partial charge < -0.3 is 4.90 Å². The second kappa shape index (κ2) is 6.35. The van der Waals surface area contributed by atoms with Crippen LogP contribution in [0.5, 0.6) is 0 Å². The fourth-order valence-corrected chi connectivity index (χ4v) is 2.15. The van der Waals surface area contributed by atoms with Gasteiger partial charge in [0.25, 0.3) is 0 Å². The summed E-state index contributed by atoms with van der Waals surface area (Å²) in [6, 6.07) is 19.2. The fraction of sp³-hybridized carbons (Fsp3) is 0.222. The molecule has 0 N–H and O–H groups in total. The van der Waals surface area contributed by atoms with Crippen molar-refractivity contribution in [2.24, 2.45) is 0 Å². The summed E-state index contributed by atoms with van der Waals surface area (Å²) in [6.07, 6.45) is 2.30. The zero-order valence-electron chi connectivity index (χ0n) is 11.9. The van der Waals surface area contributed by atoms with Crippen LogP contribution in [0, 0.1) is 6.92 Å². The summed E-state index contributed by atoms with van der Waals surface area (Å²) in [6.45, 7) is 3.11. The van der Waals surface area contributed by atoms with Gasteiger partial charge in [0.2, 0.25) is 0 Å². The van der Waals surface area contributed by atoms with Crippen LogP contribution in [0.25, 0.3) is 5.57 Å². The van der Waals surface area contributed by atoms with E-state index in [-0.39, 0.29) is 0 Å². The van der Waals surface area contributed by atoms with Crippen molar-refractivity contribution in [1.29, 1.82) is 0 Å². The standard InChI is InChI=1S/C18H21N/c1-15-9-7-8-12-17(15)18(13-14-19(2)3)16-10-5-4-6-11-16/h4-13H,14H2,1-3H3/b18-13+. The van der Waals surface area contributed by atoms with Crippen LogP contribution in [0.1, 0.15) is 16.7 Å². The Morgan fingerprint density at radius 2 is 1.58 bits per heavy atom. The number of hydrogen-bond donors (Lipinski definition) is 0. The van der Waals surface area contributed by atoms with Crippen LogP contribution >= 0.6 is 0 Å². The van der Waals surface area contributed by atoms with E-state index < -0.39 is 0 Å². The van der Waals surface area contributed by atoms with Gasteiger partial charge in [0.05, 0.1) is 0 Å². The molecule has 0 atom stereocenters. The Labute approximate surface area is 116 Å². The molecular formula is C18H21N. The first-order chi connectivity index (χ1) is 9.18. The molecule has 0 fully saturated rings. The second-order valence-corrected chi connectivity index (χ2v) is 5.06. The lowest BCUT2D eigenvalue weighted by molar-refractivity contribution is 0.457. The first kappa shape index (κ1) is 13.6. The highest BCUT2D eigenvalue weighted by molar-refractivity contribution is 5.81. The summed E-state index contributed by atoms with van der Waals surface area (Å²) in [7, 11) is 4.19. The third-order valence-electron chi connectivity index (χ3n) is 3.18. The Morgan fingerprint density at radius 1 is 0.947 bits per heavy atom. The van der Waals surface area contributed by atoms with Gasteiger partial charge in [-0.1, -0.05) is 60.7 Å². The Bertz CT molecular complexity index is 553. The van der Waals surface area contributed by atoms with Crippen LogP contribution in [0.2, 0.25) is 0 Å². The molecule has 1 heteroatoms. The Balaban J connectivity index is 2.47. The lowest BCUT2D eigenvalue weighted by Gasteiger charge is -2.13. The molecule has 0 aromatic heterocycles. The SMILES string of the molecule is Cc1ccccc1/C(=C/CN(C)C)c1ccccc1. The molecule has 0 saturated heterocycles. The van der Waals surface area contributed by atoms with Crippen molar-refractivity contribution in [1.82, 2.24) is 4.90 Å². The van der Waals surface area contributed by atoms with Crippen LogP contribution in [-0.2, 0) is 0 Å². The molecule has 1 nitrogen and oxygen atoms in total. The molecule has 0 aliphatic rings. The minimum atomic E-state index is 0.943. The third kappa shape index (κ3) is 3.55. The largest absolute Gasteiger partial charge is 0.306 e. The van der Waals surface area contributed by atoms with Crippen LogP contribution in [0.4, 0.5) is 0 Å². The summed E-state index contributed by atoms with van der Waals surface area (Å²) in [5.41, 5.74) is 5.22. The molecule has 2 rings (SSSR count). The van der Waals surface area contributed by atoms with Crippen LogP contribution < -0.4 is 0 Å². The van der Waals surface area contributed by atoms with Gasteiger partial charge in [0.15, 0.2) is 0 Å². The van der Waals surface area contributed by atoms with E-state index in [4.69, 9.17) is 0 Å². The monoisotopic (exact) mass is 251 g/mol. The molecule has 0 spiro atoms. The molecule has 19 heavy (non-hydrogen) atoms. The third-order valence-corrected chi connectivity index (χ3v) is 3.18. The molecule has 0 bridgehead atoms. The van der Waals surface area contributed by atoms with Crippen molar-refractivity contribution < 1.29 is 0 Å². The predicted molar refractivity (Wildman–Crippen MR) is 83.3 cm³/mol. The van der Waals surface area contributed by atoms with E-state index in [0.717, 1.165) is 6.54 Å². The van der Waals surface area contributed by atoms with Gasteiger partial charge in [-0.15, -0.1) is 0 Å². The van der Waals surface area contributed by atoms with Crippen molar-refractivity contribution in [2.75, 3.05) is 20.6 Å². The van der Waals surface area contributed by atoms with Gasteiger partial charge in [0.1, 0.15) is 0 Å². The smallest absolute Gasteiger partial charge is 0.0166 e. The van der Waals surface area contributed by atoms with E-state index in [1.807, 2.05) is 0 Å². The molecular weight excluding hydrogens is 230 g/mol. The van der Waals surface area contributed by atoms with Gasteiger partial charge in [-0.25, -0.2) is 0 Å². The van der Waals surface area contributed by atoms with E-state index >= 15 is 0 Å². The predicted octanol–water partition coefficient (Wildman–Crippen LogP) is 3.99. The first-order valence-corrected chi connectivity index (χ1v) is 6.65. The molecule has 98 valence electrons. The van der Waals surface area contributed by atoms with Gasteiger partial charge in [-0.2, -0.15) is 0 Å². The minimum absolute atomic E-state index is 0.943. The zero-order chi connectivity index (χ0) is 13.7. The topological polar surface area (TPSA) is 3.24 Å². The van der Waals surface area contributed by atoms with E-state index in [9.17, 15) is 0 Å². The number of rotatable bonds is 4. The number of likely N-dealkylation sites (N-methyl/N-ethyl adjacent to an activating group) is 1. The van der Waals surface area contributed by atoms with E-state index in [2.05, 4.69) is 86.6 Å². The molecule has 0 unspecified atom stereocenters. The molecule has 0 aliphatic heterocycles. The fourth-order valence-electron chi connectivity index (χ4n) is 2.15. The molecule has 0 saturated carbocycles. The van der Waals surface area contributed by atoms with Crippen molar-refractivity contribution in [3.05, 3.63) is 77.4 Å². The number of hydrogen-bond acceptors (Lipinski definition) is 1. The van der Waals surface area contributed by atoms with E-state index in [1.54, 1.807) is 0 Å². The number of aryl methyl sites for hydroxylation is 1. The first-order valence-electron chi connectivity index (χ1n) is 6.65. The zero-order valence-corrected chi connectivity index (χ0v) is 11.9. The maximum absolute atomic E-state index is 2.30. The summed E-state index contributed by atoms with van der Waals surface area (Å²) >= 11 is 0. The van der Waals surface area contributed by atoms with Crippen molar-refractivity contribution in [3.63, 3.8) is 0 Å². The quantitative estimate of drug-likeness (QED) is 0.794. The number of nitrogens with zero attached hydrogens (tertiary/aromatic N) is 1. The second-order valence-electron chi connectivity index (χ2n) is 5.06. The van der Waals surface area contributed by atoms with Gasteiger partial charge in [-0.3, -0.25) is 0 Å². The van der Waals surface area contributed by atoms with Crippen molar-refractivity contribution in [2.45, 2.75) is 6.92 Å².